The van der Waals surface area contributed by atoms with Crippen molar-refractivity contribution in [2.45, 2.75) is 36.4 Å². The van der Waals surface area contributed by atoms with Gasteiger partial charge in [0, 0.05) is 23.8 Å². The number of hydrogen-bond acceptors (Lipinski definition) is 11. The molecule has 10 nitrogen and oxygen atoms in total. The van der Waals surface area contributed by atoms with E-state index in [1.807, 2.05) is 31.2 Å². The molecule has 2 aliphatic rings. The number of thioether (sulfide) groups is 1. The Morgan fingerprint density at radius 2 is 2.05 bits per heavy atom. The molecule has 0 bridgehead atoms. The van der Waals surface area contributed by atoms with E-state index in [0.29, 0.717) is 57.1 Å². The van der Waals surface area contributed by atoms with Crippen molar-refractivity contribution in [3.63, 3.8) is 0 Å². The summed E-state index contributed by atoms with van der Waals surface area (Å²) in [6.07, 6.45) is 1.71. The first kappa shape index (κ1) is 28.2. The normalized spacial score (nSPS) is 16.8. The van der Waals surface area contributed by atoms with Gasteiger partial charge in [-0.05, 0) is 37.5 Å². The van der Waals surface area contributed by atoms with Crippen LogP contribution < -0.4 is 25.4 Å². The number of nitrogens with zero attached hydrogens (tertiary/aromatic N) is 4. The van der Waals surface area contributed by atoms with Gasteiger partial charge in [-0.1, -0.05) is 52.9 Å². The lowest BCUT2D eigenvalue weighted by Crippen LogP contribution is -2.38. The Bertz CT molecular complexity index is 1620. The Morgan fingerprint density at radius 1 is 1.22 bits per heavy atom. The summed E-state index contributed by atoms with van der Waals surface area (Å²) >= 11 is 2.47. The van der Waals surface area contributed by atoms with E-state index < -0.39 is 5.92 Å². The number of carbonyl (C=O) groups is 2. The number of aryl methyl sites for hydroxylation is 1. The first-order chi connectivity index (χ1) is 19.8. The van der Waals surface area contributed by atoms with Crippen LogP contribution in [-0.2, 0) is 9.59 Å². The molecule has 1 aliphatic carbocycles. The van der Waals surface area contributed by atoms with E-state index in [0.717, 1.165) is 16.8 Å². The van der Waals surface area contributed by atoms with Crippen LogP contribution in [0.2, 0.25) is 0 Å². The number of hydrogen-bond donors (Lipinski definition) is 2. The maximum Gasteiger partial charge on any atom is 0.234 e. The van der Waals surface area contributed by atoms with E-state index in [4.69, 9.17) is 15.2 Å². The minimum Gasteiger partial charge on any atom is -0.497 e. The average molecular weight is 589 g/mol. The number of carbonyl (C=O) groups excluding carboxylic acids is 2. The monoisotopic (exact) mass is 588 g/mol. The molecule has 0 fully saturated rings. The second kappa shape index (κ2) is 12.0. The molecule has 5 rings (SSSR count). The number of nitrogens with two attached hydrogens (primary N) is 1. The van der Waals surface area contributed by atoms with Crippen LogP contribution in [0.1, 0.15) is 36.3 Å². The zero-order valence-electron chi connectivity index (χ0n) is 22.8. The number of benzene rings is 2. The molecule has 2 heterocycles. The van der Waals surface area contributed by atoms with E-state index in [9.17, 15) is 14.9 Å². The molecule has 0 saturated carbocycles. The molecule has 1 aliphatic heterocycles. The SMILES string of the molecule is COc1ccc(OC)c(NC(=O)CSc2nnc(N3C(N)=C(C#N)C(c4cccc(C)c4)C4=C3CCCC4=O)s2)c1. The predicted octanol–water partition coefficient (Wildman–Crippen LogP) is 4.90. The highest BCUT2D eigenvalue weighted by atomic mass is 32.2. The number of nitrogens with one attached hydrogen (secondary N) is 1. The fraction of sp³-hybridized carbons (Fsp3) is 0.276. The lowest BCUT2D eigenvalue weighted by Gasteiger charge is -2.38. The van der Waals surface area contributed by atoms with Crippen LogP contribution in [0.15, 0.2) is 69.5 Å². The second-order valence-electron chi connectivity index (χ2n) is 9.48. The molecule has 2 aromatic carbocycles. The van der Waals surface area contributed by atoms with Gasteiger partial charge < -0.3 is 20.5 Å². The number of ether oxygens (including phenoxy) is 2. The van der Waals surface area contributed by atoms with E-state index in [2.05, 4.69) is 21.6 Å². The van der Waals surface area contributed by atoms with Gasteiger partial charge in [0.1, 0.15) is 17.3 Å². The Labute approximate surface area is 245 Å². The molecule has 1 atom stereocenters. The minimum absolute atomic E-state index is 0.00626. The van der Waals surface area contributed by atoms with Gasteiger partial charge in [0.15, 0.2) is 10.1 Å². The minimum atomic E-state index is -0.530. The maximum absolute atomic E-state index is 13.3. The van der Waals surface area contributed by atoms with Crippen LogP contribution in [0, 0.1) is 18.3 Å². The number of nitriles is 1. The van der Waals surface area contributed by atoms with Gasteiger partial charge in [-0.25, -0.2) is 0 Å². The number of Topliss-reactive ketones (excluding diaryl/α,β-unsaturated/α-hetero) is 1. The fourth-order valence-electron chi connectivity index (χ4n) is 5.06. The Kier molecular flexibility index (Phi) is 8.28. The zero-order chi connectivity index (χ0) is 29.1. The first-order valence-corrected chi connectivity index (χ1v) is 14.7. The van der Waals surface area contributed by atoms with Gasteiger partial charge in [-0.15, -0.1) is 10.2 Å². The Hall–Kier alpha value is -4.34. The summed E-state index contributed by atoms with van der Waals surface area (Å²) < 4.78 is 11.1. The van der Waals surface area contributed by atoms with Crippen molar-refractivity contribution >= 4 is 45.6 Å². The van der Waals surface area contributed by atoms with Gasteiger partial charge in [-0.3, -0.25) is 14.5 Å². The summed E-state index contributed by atoms with van der Waals surface area (Å²) in [7, 11) is 3.07. The van der Waals surface area contributed by atoms with Crippen molar-refractivity contribution < 1.29 is 19.1 Å². The smallest absolute Gasteiger partial charge is 0.234 e. The summed E-state index contributed by atoms with van der Waals surface area (Å²) in [6, 6.07) is 15.2. The lowest BCUT2D eigenvalue weighted by molar-refractivity contribution is -0.116. The highest BCUT2D eigenvalue weighted by molar-refractivity contribution is 8.01. The van der Waals surface area contributed by atoms with E-state index in [-0.39, 0.29) is 23.3 Å². The summed E-state index contributed by atoms with van der Waals surface area (Å²) in [5.41, 5.74) is 10.7. The Balaban J connectivity index is 1.40. The molecule has 3 N–H and O–H groups in total. The summed E-state index contributed by atoms with van der Waals surface area (Å²) in [6.45, 7) is 1.98. The summed E-state index contributed by atoms with van der Waals surface area (Å²) in [5.74, 6) is 0.633. The second-order valence-corrected chi connectivity index (χ2v) is 11.7. The highest BCUT2D eigenvalue weighted by Gasteiger charge is 2.41. The lowest BCUT2D eigenvalue weighted by atomic mass is 9.75. The first-order valence-electron chi connectivity index (χ1n) is 12.9. The number of rotatable bonds is 8. The third kappa shape index (κ3) is 5.64. The van der Waals surface area contributed by atoms with Crippen molar-refractivity contribution in [3.05, 3.63) is 76.3 Å². The fourth-order valence-corrected chi connectivity index (χ4v) is 6.75. The molecule has 0 spiro atoms. The quantitative estimate of drug-likeness (QED) is 0.349. The van der Waals surface area contributed by atoms with Gasteiger partial charge in [0.25, 0.3) is 0 Å². The van der Waals surface area contributed by atoms with Crippen molar-refractivity contribution in [3.8, 4) is 17.6 Å². The predicted molar refractivity (Wildman–Crippen MR) is 158 cm³/mol. The van der Waals surface area contributed by atoms with Crippen LogP contribution in [-0.4, -0.2) is 41.9 Å². The number of amides is 1. The molecule has 3 aromatic rings. The third-order valence-electron chi connectivity index (χ3n) is 6.88. The largest absolute Gasteiger partial charge is 0.497 e. The van der Waals surface area contributed by atoms with E-state index in [1.54, 1.807) is 30.2 Å². The number of ketones is 1. The number of allylic oxidation sites excluding steroid dienone is 3. The molecule has 0 saturated heterocycles. The van der Waals surface area contributed by atoms with Crippen molar-refractivity contribution in [1.82, 2.24) is 10.2 Å². The number of aromatic nitrogens is 2. The molecule has 41 heavy (non-hydrogen) atoms. The molecular formula is C29H28N6O4S2. The molecule has 1 unspecified atom stereocenters. The molecule has 12 heteroatoms. The number of anilines is 2. The standard InChI is InChI=1S/C29H28N6O4S2/c1-16-6-4-7-17(12-16)25-19(14-30)27(31)35(21-8-5-9-22(36)26(21)25)28-33-34-29(41-28)40-15-24(37)32-20-13-18(38-2)10-11-23(20)39-3/h4,6-7,10-13,25H,5,8-9,15,31H2,1-3H3,(H,32,37). The van der Waals surface area contributed by atoms with Crippen LogP contribution in [0.25, 0.3) is 0 Å². The van der Waals surface area contributed by atoms with Crippen LogP contribution in [0.3, 0.4) is 0 Å². The molecular weight excluding hydrogens is 560 g/mol. The van der Waals surface area contributed by atoms with Crippen LogP contribution >= 0.6 is 23.1 Å². The average Bonchev–Trinajstić information content (AvgIpc) is 3.44. The topological polar surface area (TPSA) is 143 Å². The van der Waals surface area contributed by atoms with E-state index in [1.165, 1.54) is 30.2 Å². The van der Waals surface area contributed by atoms with Crippen molar-refractivity contribution in [2.75, 3.05) is 30.2 Å². The van der Waals surface area contributed by atoms with Gasteiger partial charge >= 0.3 is 0 Å². The van der Waals surface area contributed by atoms with Crippen LogP contribution in [0.4, 0.5) is 10.8 Å². The van der Waals surface area contributed by atoms with E-state index >= 15 is 0 Å². The molecule has 1 aromatic heterocycles. The summed E-state index contributed by atoms with van der Waals surface area (Å²) in [5, 5.41) is 22.1. The molecule has 1 amide bonds. The molecule has 210 valence electrons. The Morgan fingerprint density at radius 3 is 2.78 bits per heavy atom. The summed E-state index contributed by atoms with van der Waals surface area (Å²) in [4.78, 5) is 27.7. The van der Waals surface area contributed by atoms with Gasteiger partial charge in [0.2, 0.25) is 11.0 Å². The van der Waals surface area contributed by atoms with Crippen LogP contribution in [0.5, 0.6) is 11.5 Å². The van der Waals surface area contributed by atoms with Crippen molar-refractivity contribution in [1.29, 1.82) is 5.26 Å². The van der Waals surface area contributed by atoms with Crippen molar-refractivity contribution in [2.24, 2.45) is 5.73 Å². The van der Waals surface area contributed by atoms with Gasteiger partial charge in [-0.2, -0.15) is 5.26 Å². The highest BCUT2D eigenvalue weighted by Crippen LogP contribution is 2.47. The maximum atomic E-state index is 13.3. The molecule has 0 radical (unpaired) electrons. The number of methoxy groups -OCH3 is 2. The zero-order valence-corrected chi connectivity index (χ0v) is 24.4. The van der Waals surface area contributed by atoms with Gasteiger partial charge in [0.05, 0.1) is 43.2 Å². The third-order valence-corrected chi connectivity index (χ3v) is 8.93.